The van der Waals surface area contributed by atoms with Crippen LogP contribution in [0.5, 0.6) is 0 Å². The zero-order valence-corrected chi connectivity index (χ0v) is 11.4. The van der Waals surface area contributed by atoms with Crippen molar-refractivity contribution in [2.75, 3.05) is 0 Å². The molecule has 0 aliphatic heterocycles. The Hall–Kier alpha value is -1.30. The molecule has 0 aromatic heterocycles. The molecule has 18 heavy (non-hydrogen) atoms. The monoisotopic (exact) mass is 358 g/mol. The van der Waals surface area contributed by atoms with E-state index in [1.807, 2.05) is 0 Å². The molecule has 0 radical (unpaired) electrons. The van der Waals surface area contributed by atoms with E-state index in [4.69, 9.17) is 0 Å². The Labute approximate surface area is 117 Å². The van der Waals surface area contributed by atoms with Crippen LogP contribution in [0.25, 0.3) is 0 Å². The Morgan fingerprint density at radius 1 is 1.00 bits per heavy atom. The fourth-order valence-corrected chi connectivity index (χ4v) is 1.96. The van der Waals surface area contributed by atoms with E-state index in [2.05, 4.69) is 22.6 Å². The maximum Gasteiger partial charge on any atom is 0.167 e. The molecule has 0 unspecified atom stereocenters. The van der Waals surface area contributed by atoms with E-state index in [9.17, 15) is 13.6 Å². The first-order valence-electron chi connectivity index (χ1n) is 5.29. The minimum Gasteiger partial charge on any atom is -0.294 e. The third-order valence-corrected chi connectivity index (χ3v) is 3.28. The summed E-state index contributed by atoms with van der Waals surface area (Å²) in [5.41, 5.74) is 0.277. The second-order valence-corrected chi connectivity index (χ2v) is 5.05. The summed E-state index contributed by atoms with van der Waals surface area (Å²) in [6.45, 7) is 0. The van der Waals surface area contributed by atoms with E-state index in [0.717, 1.165) is 15.7 Å². The smallest absolute Gasteiger partial charge is 0.167 e. The average molecular weight is 358 g/mol. The molecule has 0 atom stereocenters. The molecule has 0 fully saturated rings. The summed E-state index contributed by atoms with van der Waals surface area (Å²) in [6.07, 6.45) is -0.265. The van der Waals surface area contributed by atoms with Crippen LogP contribution in [0.3, 0.4) is 0 Å². The van der Waals surface area contributed by atoms with Gasteiger partial charge in [0, 0.05) is 21.1 Å². The largest absolute Gasteiger partial charge is 0.294 e. The number of hydrogen-bond donors (Lipinski definition) is 0. The van der Waals surface area contributed by atoms with Crippen molar-refractivity contribution in [3.63, 3.8) is 0 Å². The van der Waals surface area contributed by atoms with Crippen LogP contribution in [0.2, 0.25) is 0 Å². The van der Waals surface area contributed by atoms with Gasteiger partial charge in [0.2, 0.25) is 0 Å². The second-order valence-electron chi connectivity index (χ2n) is 3.81. The molecule has 0 heterocycles. The topological polar surface area (TPSA) is 17.1 Å². The summed E-state index contributed by atoms with van der Waals surface area (Å²) in [6, 6.07) is 10.5. The maximum atomic E-state index is 13.4. The molecule has 0 saturated heterocycles. The van der Waals surface area contributed by atoms with Crippen molar-refractivity contribution in [2.24, 2.45) is 0 Å². The van der Waals surface area contributed by atoms with Gasteiger partial charge in [-0.25, -0.2) is 8.78 Å². The van der Waals surface area contributed by atoms with E-state index in [1.165, 1.54) is 6.07 Å². The van der Waals surface area contributed by atoms with Gasteiger partial charge in [-0.3, -0.25) is 4.79 Å². The number of halogens is 3. The molecule has 0 aliphatic rings. The Balaban J connectivity index is 2.24. The van der Waals surface area contributed by atoms with E-state index < -0.39 is 11.6 Å². The zero-order valence-electron chi connectivity index (χ0n) is 9.29. The van der Waals surface area contributed by atoms with Gasteiger partial charge in [-0.05, 0) is 46.9 Å². The molecular weight excluding hydrogens is 349 g/mol. The number of hydrogen-bond acceptors (Lipinski definition) is 1. The van der Waals surface area contributed by atoms with Crippen LogP contribution in [0, 0.1) is 15.2 Å². The zero-order chi connectivity index (χ0) is 13.1. The van der Waals surface area contributed by atoms with Crippen molar-refractivity contribution >= 4 is 28.4 Å². The molecule has 0 amide bonds. The van der Waals surface area contributed by atoms with E-state index >= 15 is 0 Å². The van der Waals surface area contributed by atoms with Gasteiger partial charge in [0.05, 0.1) is 0 Å². The van der Waals surface area contributed by atoms with Gasteiger partial charge in [0.15, 0.2) is 5.78 Å². The molecule has 2 aromatic rings. The SMILES string of the molecule is O=C(Cc1c(F)cccc1F)c1ccc(I)cc1. The average Bonchev–Trinajstić information content (AvgIpc) is 2.34. The number of benzene rings is 2. The third kappa shape index (κ3) is 2.93. The summed E-state index contributed by atoms with van der Waals surface area (Å²) in [5, 5.41) is 0. The normalized spacial score (nSPS) is 10.4. The standard InChI is InChI=1S/C14H9F2IO/c15-12-2-1-3-13(16)11(12)8-14(18)9-4-6-10(17)7-5-9/h1-7H,8H2. The van der Waals surface area contributed by atoms with E-state index in [1.54, 1.807) is 24.3 Å². The van der Waals surface area contributed by atoms with Crippen LogP contribution in [0.1, 0.15) is 15.9 Å². The molecule has 2 rings (SSSR count). The van der Waals surface area contributed by atoms with Gasteiger partial charge in [-0.15, -0.1) is 0 Å². The van der Waals surface area contributed by atoms with Crippen LogP contribution in [-0.4, -0.2) is 5.78 Å². The number of ketones is 1. The molecule has 0 saturated carbocycles. The van der Waals surface area contributed by atoms with Crippen LogP contribution in [-0.2, 0) is 6.42 Å². The van der Waals surface area contributed by atoms with Gasteiger partial charge >= 0.3 is 0 Å². The van der Waals surface area contributed by atoms with Gasteiger partial charge in [-0.1, -0.05) is 18.2 Å². The van der Waals surface area contributed by atoms with Crippen LogP contribution in [0.15, 0.2) is 42.5 Å². The van der Waals surface area contributed by atoms with Gasteiger partial charge in [0.1, 0.15) is 11.6 Å². The van der Waals surface area contributed by atoms with Crippen molar-refractivity contribution in [2.45, 2.75) is 6.42 Å². The van der Waals surface area contributed by atoms with Gasteiger partial charge < -0.3 is 0 Å². The molecule has 0 bridgehead atoms. The summed E-state index contributed by atoms with van der Waals surface area (Å²) in [5.74, 6) is -1.67. The molecule has 0 N–H and O–H groups in total. The molecular formula is C14H9F2IO. The predicted molar refractivity (Wildman–Crippen MR) is 73.6 cm³/mol. The number of carbonyl (C=O) groups is 1. The van der Waals surface area contributed by atoms with E-state index in [-0.39, 0.29) is 17.8 Å². The fourth-order valence-electron chi connectivity index (χ4n) is 1.60. The Morgan fingerprint density at radius 2 is 1.56 bits per heavy atom. The van der Waals surface area contributed by atoms with Crippen molar-refractivity contribution in [1.82, 2.24) is 0 Å². The van der Waals surface area contributed by atoms with E-state index in [0.29, 0.717) is 5.56 Å². The number of Topliss-reactive ketones (excluding diaryl/α,β-unsaturated/α-hetero) is 1. The quantitative estimate of drug-likeness (QED) is 0.599. The molecule has 1 nitrogen and oxygen atoms in total. The third-order valence-electron chi connectivity index (χ3n) is 2.57. The second kappa shape index (κ2) is 5.56. The van der Waals surface area contributed by atoms with Crippen LogP contribution in [0.4, 0.5) is 8.78 Å². The first kappa shape index (κ1) is 13.1. The van der Waals surface area contributed by atoms with Gasteiger partial charge in [-0.2, -0.15) is 0 Å². The van der Waals surface area contributed by atoms with Crippen molar-refractivity contribution in [3.05, 3.63) is 68.8 Å². The summed E-state index contributed by atoms with van der Waals surface area (Å²) < 4.78 is 27.8. The molecule has 0 aliphatic carbocycles. The lowest BCUT2D eigenvalue weighted by atomic mass is 10.0. The molecule has 92 valence electrons. The number of carbonyl (C=O) groups excluding carboxylic acids is 1. The highest BCUT2D eigenvalue weighted by molar-refractivity contribution is 14.1. The van der Waals surface area contributed by atoms with Crippen molar-refractivity contribution < 1.29 is 13.6 Å². The maximum absolute atomic E-state index is 13.4. The molecule has 4 heteroatoms. The Kier molecular flexibility index (Phi) is 4.06. The first-order chi connectivity index (χ1) is 8.58. The highest BCUT2D eigenvalue weighted by Gasteiger charge is 2.14. The number of rotatable bonds is 3. The lowest BCUT2D eigenvalue weighted by molar-refractivity contribution is 0.0990. The lowest BCUT2D eigenvalue weighted by Crippen LogP contribution is -2.07. The minimum atomic E-state index is -0.686. The summed E-state index contributed by atoms with van der Waals surface area (Å²) >= 11 is 2.12. The van der Waals surface area contributed by atoms with Crippen molar-refractivity contribution in [3.8, 4) is 0 Å². The minimum absolute atomic E-state index is 0.180. The summed E-state index contributed by atoms with van der Waals surface area (Å²) in [4.78, 5) is 11.9. The highest BCUT2D eigenvalue weighted by atomic mass is 127. The van der Waals surface area contributed by atoms with Crippen LogP contribution < -0.4 is 0 Å². The summed E-state index contributed by atoms with van der Waals surface area (Å²) in [7, 11) is 0. The van der Waals surface area contributed by atoms with Crippen LogP contribution >= 0.6 is 22.6 Å². The van der Waals surface area contributed by atoms with Gasteiger partial charge in [0.25, 0.3) is 0 Å². The Morgan fingerprint density at radius 3 is 2.11 bits per heavy atom. The Bertz CT molecular complexity index is 559. The fraction of sp³-hybridized carbons (Fsp3) is 0.0714. The predicted octanol–water partition coefficient (Wildman–Crippen LogP) is 3.99. The molecule has 0 spiro atoms. The molecule has 2 aromatic carbocycles. The first-order valence-corrected chi connectivity index (χ1v) is 6.37. The van der Waals surface area contributed by atoms with Crippen molar-refractivity contribution in [1.29, 1.82) is 0 Å². The lowest BCUT2D eigenvalue weighted by Gasteiger charge is -2.04. The highest BCUT2D eigenvalue weighted by Crippen LogP contribution is 2.16.